The van der Waals surface area contributed by atoms with Gasteiger partial charge in [0.05, 0.1) is 44.1 Å². The van der Waals surface area contributed by atoms with Crippen molar-refractivity contribution in [2.75, 3.05) is 0 Å². The molecule has 67 heavy (non-hydrogen) atoms. The zero-order valence-corrected chi connectivity index (χ0v) is 38.5. The molecule has 0 spiro atoms. The average Bonchev–Trinajstić information content (AvgIpc) is 4.12. The van der Waals surface area contributed by atoms with Gasteiger partial charge in [0, 0.05) is 59.7 Å². The number of benzene rings is 9. The van der Waals surface area contributed by atoms with Crippen LogP contribution in [0.3, 0.4) is 0 Å². The van der Waals surface area contributed by atoms with Gasteiger partial charge in [-0.15, -0.1) is 0 Å². The Balaban J connectivity index is 1.13. The summed E-state index contributed by atoms with van der Waals surface area (Å²) >= 11 is 0. The largest absolute Gasteiger partial charge is 0.309 e. The van der Waals surface area contributed by atoms with Crippen molar-refractivity contribution in [3.8, 4) is 16.8 Å². The Bertz CT molecular complexity index is 4620. The summed E-state index contributed by atoms with van der Waals surface area (Å²) in [6.45, 7) is 13.9. The van der Waals surface area contributed by atoms with Crippen molar-refractivity contribution < 1.29 is 0 Å². The molecule has 0 unspecified atom stereocenters. The molecule has 0 saturated heterocycles. The number of hydrogen-bond acceptors (Lipinski definition) is 1. The molecule has 0 aliphatic carbocycles. The highest BCUT2D eigenvalue weighted by molar-refractivity contribution is 6.33. The van der Waals surface area contributed by atoms with E-state index >= 15 is 0 Å². The zero-order chi connectivity index (χ0) is 44.8. The van der Waals surface area contributed by atoms with Crippen molar-refractivity contribution in [3.63, 3.8) is 0 Å². The van der Waals surface area contributed by atoms with E-state index in [1.54, 1.807) is 0 Å². The Morgan fingerprint density at radius 2 is 0.985 bits per heavy atom. The maximum atomic E-state index is 5.91. The molecule has 9 aromatic carbocycles. The first-order chi connectivity index (χ1) is 32.5. The van der Waals surface area contributed by atoms with Crippen LogP contribution in [-0.2, 0) is 10.8 Å². The fourth-order valence-electron chi connectivity index (χ4n) is 12.1. The van der Waals surface area contributed by atoms with E-state index in [-0.39, 0.29) is 10.8 Å². The van der Waals surface area contributed by atoms with Crippen molar-refractivity contribution >= 4 is 120 Å². The lowest BCUT2D eigenvalue weighted by atomic mass is 9.85. The monoisotopic (exact) mass is 858 g/mol. The van der Waals surface area contributed by atoms with Crippen molar-refractivity contribution in [2.24, 2.45) is 0 Å². The number of rotatable bonds is 2. The zero-order valence-electron chi connectivity index (χ0n) is 38.5. The second-order valence-electron chi connectivity index (χ2n) is 21.2. The first-order valence-corrected chi connectivity index (χ1v) is 23.7. The second-order valence-corrected chi connectivity index (χ2v) is 21.2. The van der Waals surface area contributed by atoms with Crippen molar-refractivity contribution in [1.29, 1.82) is 0 Å². The summed E-state index contributed by atoms with van der Waals surface area (Å²) in [4.78, 5) is 5.91. The van der Waals surface area contributed by atoms with Crippen LogP contribution < -0.4 is 0 Å². The Hall–Kier alpha value is -7.95. The van der Waals surface area contributed by atoms with Crippen LogP contribution in [-0.4, -0.2) is 18.4 Å². The fourth-order valence-corrected chi connectivity index (χ4v) is 12.1. The first kappa shape index (κ1) is 37.3. The summed E-state index contributed by atoms with van der Waals surface area (Å²) in [6, 6.07) is 64.1. The van der Waals surface area contributed by atoms with Crippen LogP contribution in [0.4, 0.5) is 0 Å². The molecule has 6 heterocycles. The van der Waals surface area contributed by atoms with E-state index in [1.165, 1.54) is 125 Å². The van der Waals surface area contributed by atoms with Crippen LogP contribution in [0, 0.1) is 0 Å². The number of nitrogens with zero attached hydrogens (tertiary/aromatic N) is 4. The highest BCUT2D eigenvalue weighted by Gasteiger charge is 2.29. The summed E-state index contributed by atoms with van der Waals surface area (Å²) < 4.78 is 7.48. The number of hydrogen-bond donors (Lipinski definition) is 0. The fraction of sp³-hybridized carbons (Fsp3) is 0.127. The van der Waals surface area contributed by atoms with Gasteiger partial charge in [-0.2, -0.15) is 0 Å². The lowest BCUT2D eigenvalue weighted by Crippen LogP contribution is -2.10. The standard InChI is InChI=1S/C63H46N4/c1-62(2,3)38-25-27-53-49(31-38)56-42-21-13-11-17-36(42)29-46-48-34-54-57(64-61(48)67(53)60(46)56)50-33-39(63(4,5)6)32-47-45-28-35-16-10-12-20-41(35)55(59(45)66(54)58(47)50)37-24-26-52-44(30-37)43-22-14-15-23-51(43)65(52)40-18-8-7-9-19-40/h7-34H,1-6H3. The van der Waals surface area contributed by atoms with Gasteiger partial charge in [-0.3, -0.25) is 4.40 Å². The normalized spacial score (nSPS) is 13.2. The van der Waals surface area contributed by atoms with Gasteiger partial charge in [-0.25, -0.2) is 4.98 Å². The van der Waals surface area contributed by atoms with Gasteiger partial charge in [-0.1, -0.05) is 139 Å². The Morgan fingerprint density at radius 1 is 0.373 bits per heavy atom. The lowest BCUT2D eigenvalue weighted by Gasteiger charge is -2.19. The maximum absolute atomic E-state index is 5.91. The third-order valence-corrected chi connectivity index (χ3v) is 15.3. The SMILES string of the molecule is CC(C)(C)c1ccc2c(c1)c1c3ccccc3cc3c4cc5c(nc4n2c31)c1cc(C(C)(C)C)cc2c3cc4ccccc4c(-c4ccc6c(c4)c4ccccc4n6-c4ccccc4)c3n5c21. The molecule has 4 heteroatoms. The predicted molar refractivity (Wildman–Crippen MR) is 286 cm³/mol. The topological polar surface area (TPSA) is 26.6 Å². The molecule has 0 saturated carbocycles. The third kappa shape index (κ3) is 4.79. The molecule has 0 N–H and O–H groups in total. The van der Waals surface area contributed by atoms with E-state index in [9.17, 15) is 0 Å². The molecular formula is C63H46N4. The molecule has 4 nitrogen and oxygen atoms in total. The molecule has 15 rings (SSSR count). The van der Waals surface area contributed by atoms with Gasteiger partial charge >= 0.3 is 0 Å². The Morgan fingerprint density at radius 3 is 1.76 bits per heavy atom. The van der Waals surface area contributed by atoms with Crippen molar-refractivity contribution in [2.45, 2.75) is 52.4 Å². The van der Waals surface area contributed by atoms with E-state index in [0.717, 1.165) is 22.4 Å². The minimum Gasteiger partial charge on any atom is -0.309 e. The highest BCUT2D eigenvalue weighted by Crippen LogP contribution is 2.50. The average molecular weight is 859 g/mol. The van der Waals surface area contributed by atoms with E-state index in [0.29, 0.717) is 0 Å². The van der Waals surface area contributed by atoms with Crippen LogP contribution in [0.5, 0.6) is 0 Å². The summed E-state index contributed by atoms with van der Waals surface area (Å²) in [7, 11) is 0. The molecule has 0 amide bonds. The molecule has 0 fully saturated rings. The van der Waals surface area contributed by atoms with Crippen LogP contribution in [0.25, 0.3) is 137 Å². The number of fused-ring (bicyclic) bond motifs is 18. The molecule has 0 atom stereocenters. The van der Waals surface area contributed by atoms with E-state index in [1.807, 2.05) is 0 Å². The molecule has 0 aliphatic heterocycles. The predicted octanol–water partition coefficient (Wildman–Crippen LogP) is 17.0. The van der Waals surface area contributed by atoms with Gasteiger partial charge in [0.1, 0.15) is 5.65 Å². The number of para-hydroxylation sites is 2. The summed E-state index contributed by atoms with van der Waals surface area (Å²) in [5, 5.41) is 16.3. The molecular weight excluding hydrogens is 813 g/mol. The molecule has 0 aliphatic rings. The Labute approximate surface area is 386 Å². The van der Waals surface area contributed by atoms with Crippen molar-refractivity contribution in [1.82, 2.24) is 18.4 Å². The van der Waals surface area contributed by atoms with Crippen LogP contribution in [0.15, 0.2) is 170 Å². The summed E-state index contributed by atoms with van der Waals surface area (Å²) in [6.07, 6.45) is 0. The van der Waals surface area contributed by atoms with Crippen LogP contribution in [0.1, 0.15) is 52.7 Å². The second kappa shape index (κ2) is 12.5. The maximum Gasteiger partial charge on any atom is 0.146 e. The minimum atomic E-state index is -0.0832. The highest BCUT2D eigenvalue weighted by atomic mass is 15.0. The van der Waals surface area contributed by atoms with Gasteiger partial charge in [-0.05, 0) is 122 Å². The van der Waals surface area contributed by atoms with E-state index in [4.69, 9.17) is 4.98 Å². The smallest absolute Gasteiger partial charge is 0.146 e. The summed E-state index contributed by atoms with van der Waals surface area (Å²) in [5.74, 6) is 0. The molecule has 318 valence electrons. The third-order valence-electron chi connectivity index (χ3n) is 15.3. The van der Waals surface area contributed by atoms with Crippen molar-refractivity contribution in [3.05, 3.63) is 181 Å². The molecule has 15 aromatic rings. The first-order valence-electron chi connectivity index (χ1n) is 23.7. The summed E-state index contributed by atoms with van der Waals surface area (Å²) in [5.41, 5.74) is 16.8. The Kier molecular flexibility index (Phi) is 6.94. The minimum absolute atomic E-state index is 0.0216. The lowest BCUT2D eigenvalue weighted by molar-refractivity contribution is 0.591. The number of aromatic nitrogens is 4. The quantitative estimate of drug-likeness (QED) is 0.170. The van der Waals surface area contributed by atoms with E-state index < -0.39 is 0 Å². The van der Waals surface area contributed by atoms with Gasteiger partial charge in [0.15, 0.2) is 0 Å². The van der Waals surface area contributed by atoms with Crippen LogP contribution >= 0.6 is 0 Å². The molecule has 0 radical (unpaired) electrons. The van der Waals surface area contributed by atoms with Gasteiger partial charge < -0.3 is 8.97 Å². The molecule has 6 aromatic heterocycles. The van der Waals surface area contributed by atoms with Gasteiger partial charge in [0.25, 0.3) is 0 Å². The van der Waals surface area contributed by atoms with Crippen LogP contribution in [0.2, 0.25) is 0 Å². The number of pyridine rings is 1. The van der Waals surface area contributed by atoms with Gasteiger partial charge in [0.2, 0.25) is 0 Å². The van der Waals surface area contributed by atoms with E-state index in [2.05, 4.69) is 225 Å². The molecule has 0 bridgehead atoms.